The van der Waals surface area contributed by atoms with E-state index in [1.54, 1.807) is 42.5 Å². The summed E-state index contributed by atoms with van der Waals surface area (Å²) < 4.78 is 4.61. The van der Waals surface area contributed by atoms with Crippen molar-refractivity contribution in [3.8, 4) is 5.75 Å². The standard InChI is InChI=1S/C28H36N6O8/c1-17(35)33-34-28(41)23(15-18-6-4-3-5-7-18)31-24(37)16-30-27(40)22(12-13-25(38)42-2)32-26(39)21(29)14-19-8-10-20(36)11-9-19/h3-11,21-23,36H,12-16,29H2,1-2H3,(H,30,40)(H,31,37)(H,32,39)(H,33,35)(H,34,41)/t21-,22+,23-/m0/s1. The SMILES string of the molecule is COC(=O)CC[C@@H](NC(=O)[C@@H](N)Cc1ccc(O)cc1)C(=O)NCC(=O)N[C@@H](Cc1ccccc1)C(=O)NNC(C)=O. The van der Waals surface area contributed by atoms with Crippen LogP contribution in [0.15, 0.2) is 54.6 Å². The van der Waals surface area contributed by atoms with Gasteiger partial charge >= 0.3 is 5.97 Å². The van der Waals surface area contributed by atoms with Crippen molar-refractivity contribution >= 4 is 35.5 Å². The zero-order valence-corrected chi connectivity index (χ0v) is 23.3. The maximum Gasteiger partial charge on any atom is 0.305 e. The zero-order chi connectivity index (χ0) is 31.1. The zero-order valence-electron chi connectivity index (χ0n) is 23.3. The molecular weight excluding hydrogens is 548 g/mol. The molecule has 2 rings (SSSR count). The van der Waals surface area contributed by atoms with Crippen LogP contribution in [0.3, 0.4) is 0 Å². The van der Waals surface area contributed by atoms with E-state index in [1.165, 1.54) is 26.2 Å². The second-order valence-electron chi connectivity index (χ2n) is 9.35. The van der Waals surface area contributed by atoms with E-state index in [1.807, 2.05) is 0 Å². The highest BCUT2D eigenvalue weighted by molar-refractivity contribution is 5.94. The third kappa shape index (κ3) is 12.0. The molecule has 0 fully saturated rings. The van der Waals surface area contributed by atoms with Gasteiger partial charge in [0.1, 0.15) is 17.8 Å². The highest BCUT2D eigenvalue weighted by Crippen LogP contribution is 2.11. The number of hydrogen-bond donors (Lipinski definition) is 7. The highest BCUT2D eigenvalue weighted by Gasteiger charge is 2.26. The van der Waals surface area contributed by atoms with E-state index in [4.69, 9.17) is 5.73 Å². The van der Waals surface area contributed by atoms with Gasteiger partial charge in [0.15, 0.2) is 0 Å². The number of benzene rings is 2. The van der Waals surface area contributed by atoms with Gasteiger partial charge < -0.3 is 31.5 Å². The first-order valence-electron chi connectivity index (χ1n) is 13.1. The highest BCUT2D eigenvalue weighted by atomic mass is 16.5. The van der Waals surface area contributed by atoms with Gasteiger partial charge in [0.05, 0.1) is 19.7 Å². The van der Waals surface area contributed by atoms with E-state index in [0.29, 0.717) is 5.56 Å². The smallest absolute Gasteiger partial charge is 0.305 e. The van der Waals surface area contributed by atoms with Gasteiger partial charge in [-0.3, -0.25) is 39.6 Å². The van der Waals surface area contributed by atoms with Crippen LogP contribution in [0, 0.1) is 0 Å². The number of hydrazine groups is 1. The third-order valence-corrected chi connectivity index (χ3v) is 5.95. The molecular formula is C28H36N6O8. The van der Waals surface area contributed by atoms with Crippen LogP contribution in [0.2, 0.25) is 0 Å². The Morgan fingerprint density at radius 1 is 0.810 bits per heavy atom. The van der Waals surface area contributed by atoms with E-state index >= 15 is 0 Å². The first-order valence-corrected chi connectivity index (χ1v) is 13.1. The fourth-order valence-electron chi connectivity index (χ4n) is 3.72. The molecule has 0 saturated heterocycles. The summed E-state index contributed by atoms with van der Waals surface area (Å²) in [6.07, 6.45) is -0.115. The lowest BCUT2D eigenvalue weighted by molar-refractivity contribution is -0.141. The first kappa shape index (κ1) is 33.2. The molecule has 0 bridgehead atoms. The Morgan fingerprint density at radius 3 is 2.07 bits per heavy atom. The Morgan fingerprint density at radius 2 is 1.45 bits per heavy atom. The number of nitrogens with two attached hydrogens (primary N) is 1. The molecule has 8 N–H and O–H groups in total. The summed E-state index contributed by atoms with van der Waals surface area (Å²) in [7, 11) is 1.18. The molecule has 0 saturated carbocycles. The molecule has 0 heterocycles. The number of carbonyl (C=O) groups is 6. The average Bonchev–Trinajstić information content (AvgIpc) is 2.97. The van der Waals surface area contributed by atoms with Crippen molar-refractivity contribution in [3.05, 3.63) is 65.7 Å². The molecule has 0 aliphatic carbocycles. The lowest BCUT2D eigenvalue weighted by Gasteiger charge is -2.21. The van der Waals surface area contributed by atoms with E-state index in [0.717, 1.165) is 5.56 Å². The van der Waals surface area contributed by atoms with Crippen LogP contribution in [0.25, 0.3) is 0 Å². The van der Waals surface area contributed by atoms with Gasteiger partial charge in [-0.15, -0.1) is 0 Å². The normalized spacial score (nSPS) is 12.5. The number of nitrogens with one attached hydrogen (secondary N) is 5. The Labute approximate surface area is 242 Å². The maximum absolute atomic E-state index is 12.9. The number of amides is 5. The monoisotopic (exact) mass is 584 g/mol. The summed E-state index contributed by atoms with van der Waals surface area (Å²) in [4.78, 5) is 73.9. The Bertz CT molecular complexity index is 1240. The molecule has 2 aromatic carbocycles. The Balaban J connectivity index is 2.02. The average molecular weight is 585 g/mol. The van der Waals surface area contributed by atoms with Crippen molar-refractivity contribution in [2.45, 2.75) is 50.7 Å². The van der Waals surface area contributed by atoms with Crippen LogP contribution in [-0.4, -0.2) is 72.4 Å². The van der Waals surface area contributed by atoms with Gasteiger partial charge in [-0.25, -0.2) is 0 Å². The van der Waals surface area contributed by atoms with E-state index in [-0.39, 0.29) is 31.4 Å². The van der Waals surface area contributed by atoms with Crippen LogP contribution in [0.4, 0.5) is 0 Å². The molecule has 226 valence electrons. The molecule has 42 heavy (non-hydrogen) atoms. The maximum atomic E-state index is 12.9. The lowest BCUT2D eigenvalue weighted by atomic mass is 10.0. The van der Waals surface area contributed by atoms with Crippen molar-refractivity contribution < 1.29 is 38.6 Å². The minimum atomic E-state index is -1.22. The molecule has 14 nitrogen and oxygen atoms in total. The van der Waals surface area contributed by atoms with Crippen molar-refractivity contribution in [1.29, 1.82) is 0 Å². The largest absolute Gasteiger partial charge is 0.508 e. The molecule has 0 aliphatic heterocycles. The number of ether oxygens (including phenoxy) is 1. The van der Waals surface area contributed by atoms with E-state index < -0.39 is 60.2 Å². The van der Waals surface area contributed by atoms with Crippen molar-refractivity contribution in [1.82, 2.24) is 26.8 Å². The van der Waals surface area contributed by atoms with E-state index in [9.17, 15) is 33.9 Å². The molecule has 0 spiro atoms. The van der Waals surface area contributed by atoms with Crippen molar-refractivity contribution in [3.63, 3.8) is 0 Å². The summed E-state index contributed by atoms with van der Waals surface area (Å²) in [6, 6.07) is 11.6. The lowest BCUT2D eigenvalue weighted by Crippen LogP contribution is -2.56. The summed E-state index contributed by atoms with van der Waals surface area (Å²) in [5.41, 5.74) is 11.8. The Kier molecular flexibility index (Phi) is 13.4. The number of aromatic hydroxyl groups is 1. The van der Waals surface area contributed by atoms with Gasteiger partial charge in [0.2, 0.25) is 23.6 Å². The molecule has 0 unspecified atom stereocenters. The molecule has 0 radical (unpaired) electrons. The van der Waals surface area contributed by atoms with Crippen molar-refractivity contribution in [2.24, 2.45) is 5.73 Å². The predicted molar refractivity (Wildman–Crippen MR) is 150 cm³/mol. The fraction of sp³-hybridized carbons (Fsp3) is 0.357. The van der Waals surface area contributed by atoms with Gasteiger partial charge in [-0.2, -0.15) is 0 Å². The topological polar surface area (TPSA) is 218 Å². The number of hydrogen-bond acceptors (Lipinski definition) is 9. The molecule has 0 aromatic heterocycles. The van der Waals surface area contributed by atoms with Gasteiger partial charge in [-0.1, -0.05) is 42.5 Å². The van der Waals surface area contributed by atoms with Crippen LogP contribution in [0.5, 0.6) is 5.75 Å². The second-order valence-corrected chi connectivity index (χ2v) is 9.35. The number of phenolic OH excluding ortho intramolecular Hbond substituents is 1. The van der Waals surface area contributed by atoms with Gasteiger partial charge in [0, 0.05) is 19.8 Å². The molecule has 3 atom stereocenters. The van der Waals surface area contributed by atoms with Crippen LogP contribution >= 0.6 is 0 Å². The van der Waals surface area contributed by atoms with Crippen LogP contribution in [-0.2, 0) is 46.3 Å². The summed E-state index contributed by atoms with van der Waals surface area (Å²) in [5, 5.41) is 16.8. The van der Waals surface area contributed by atoms with Gasteiger partial charge in [0.25, 0.3) is 5.91 Å². The van der Waals surface area contributed by atoms with Gasteiger partial charge in [-0.05, 0) is 36.1 Å². The molecule has 5 amide bonds. The molecule has 0 aliphatic rings. The summed E-state index contributed by atoms with van der Waals surface area (Å²) >= 11 is 0. The minimum Gasteiger partial charge on any atom is -0.508 e. The number of esters is 1. The first-order chi connectivity index (χ1) is 20.0. The van der Waals surface area contributed by atoms with Crippen LogP contribution in [0.1, 0.15) is 30.9 Å². The number of rotatable bonds is 14. The van der Waals surface area contributed by atoms with E-state index in [2.05, 4.69) is 31.5 Å². The summed E-state index contributed by atoms with van der Waals surface area (Å²) in [6.45, 7) is 0.651. The van der Waals surface area contributed by atoms with Crippen LogP contribution < -0.4 is 32.5 Å². The van der Waals surface area contributed by atoms with Crippen molar-refractivity contribution in [2.75, 3.05) is 13.7 Å². The minimum absolute atomic E-state index is 0.0556. The Hall–Kier alpha value is -4.98. The predicted octanol–water partition coefficient (Wildman–Crippen LogP) is -1.29. The number of carbonyl (C=O) groups excluding carboxylic acids is 6. The quantitative estimate of drug-likeness (QED) is 0.104. The fourth-order valence-corrected chi connectivity index (χ4v) is 3.72. The molecule has 14 heteroatoms. The number of phenols is 1. The number of methoxy groups -OCH3 is 1. The molecule has 2 aromatic rings. The summed E-state index contributed by atoms with van der Waals surface area (Å²) in [5.74, 6) is -3.90. The second kappa shape index (κ2) is 17.0. The third-order valence-electron chi connectivity index (χ3n) is 5.95.